The Morgan fingerprint density at radius 3 is 2.27 bits per heavy atom. The van der Waals surface area contributed by atoms with Crippen LogP contribution in [0.25, 0.3) is 33.2 Å². The molecule has 4 aromatic carbocycles. The number of H-pyrrole nitrogens is 1. The Morgan fingerprint density at radius 2 is 1.50 bits per heavy atom. The second kappa shape index (κ2) is 9.70. The molecular formula is C34H24ClN3O2. The number of aromatic hydroxyl groups is 1. The molecular weight excluding hydrogens is 518 g/mol. The van der Waals surface area contributed by atoms with Gasteiger partial charge in [0.25, 0.3) is 5.91 Å². The minimum atomic E-state index is -0.547. The number of phenolic OH excluding ortho intramolecular Hbond substituents is 1. The lowest BCUT2D eigenvalue weighted by molar-refractivity contribution is 0.0727. The molecule has 0 bridgehead atoms. The number of aromatic amines is 1. The molecule has 2 aromatic heterocycles. The van der Waals surface area contributed by atoms with Crippen molar-refractivity contribution in [1.82, 2.24) is 14.9 Å². The molecule has 0 saturated carbocycles. The van der Waals surface area contributed by atoms with Crippen LogP contribution < -0.4 is 0 Å². The summed E-state index contributed by atoms with van der Waals surface area (Å²) in [5.74, 6) is 0.0000701. The predicted molar refractivity (Wildman–Crippen MR) is 158 cm³/mol. The molecule has 1 aliphatic heterocycles. The minimum absolute atomic E-state index is 0.0895. The Kier molecular flexibility index (Phi) is 5.87. The molecule has 0 radical (unpaired) electrons. The Bertz CT molecular complexity index is 1850. The lowest BCUT2D eigenvalue weighted by Gasteiger charge is -2.28. The normalized spacial score (nSPS) is 13.5. The van der Waals surface area contributed by atoms with Crippen LogP contribution in [0.2, 0.25) is 5.02 Å². The largest absolute Gasteiger partial charge is 0.508 e. The van der Waals surface area contributed by atoms with E-state index in [0.717, 1.165) is 44.4 Å². The van der Waals surface area contributed by atoms with Crippen molar-refractivity contribution in [3.8, 4) is 28.0 Å². The molecule has 1 atom stereocenters. The van der Waals surface area contributed by atoms with Crippen LogP contribution in [0.3, 0.4) is 0 Å². The molecule has 0 spiro atoms. The third kappa shape index (κ3) is 4.21. The number of phenols is 1. The van der Waals surface area contributed by atoms with Crippen LogP contribution in [0.15, 0.2) is 116 Å². The average molecular weight is 542 g/mol. The van der Waals surface area contributed by atoms with Crippen molar-refractivity contribution < 1.29 is 9.90 Å². The third-order valence-electron chi connectivity index (χ3n) is 7.61. The number of rotatable bonds is 5. The van der Waals surface area contributed by atoms with E-state index in [1.165, 1.54) is 0 Å². The standard InChI is InChI=1S/C34H24ClN3O2/c35-27-11-12-32(39)29(19-27)33(31-18-25-3-1-2-4-30(25)37-31)38-20-26-10-9-24(17-28(26)34(38)40)22-7-5-21(6-8-22)23-13-15-36-16-14-23/h1-19,33,37,39H,20H2/t33-/m1/s1. The van der Waals surface area contributed by atoms with Gasteiger partial charge in [-0.15, -0.1) is 0 Å². The highest BCUT2D eigenvalue weighted by Gasteiger charge is 2.36. The van der Waals surface area contributed by atoms with E-state index >= 15 is 0 Å². The van der Waals surface area contributed by atoms with Gasteiger partial charge in [0.15, 0.2) is 0 Å². The van der Waals surface area contributed by atoms with E-state index in [2.05, 4.69) is 40.3 Å². The molecule has 0 fully saturated rings. The Morgan fingerprint density at radius 1 is 0.800 bits per heavy atom. The SMILES string of the molecule is O=C1c2cc(-c3ccc(-c4ccncc4)cc3)ccc2CN1[C@@H](c1cc2ccccc2[nH]1)c1cc(Cl)ccc1O. The van der Waals surface area contributed by atoms with Crippen molar-refractivity contribution in [3.05, 3.63) is 143 Å². The molecule has 6 heteroatoms. The summed E-state index contributed by atoms with van der Waals surface area (Å²) in [5.41, 5.74) is 8.19. The van der Waals surface area contributed by atoms with Gasteiger partial charge < -0.3 is 15.0 Å². The van der Waals surface area contributed by atoms with E-state index in [4.69, 9.17) is 11.6 Å². The number of aromatic nitrogens is 2. The first-order chi connectivity index (χ1) is 19.5. The minimum Gasteiger partial charge on any atom is -0.508 e. The number of nitrogens with zero attached hydrogens (tertiary/aromatic N) is 2. The fraction of sp³-hybridized carbons (Fsp3) is 0.0588. The summed E-state index contributed by atoms with van der Waals surface area (Å²) < 4.78 is 0. The Balaban J connectivity index is 1.26. The topological polar surface area (TPSA) is 69.2 Å². The van der Waals surface area contributed by atoms with Crippen molar-refractivity contribution in [1.29, 1.82) is 0 Å². The fourth-order valence-electron chi connectivity index (χ4n) is 5.60. The van der Waals surface area contributed by atoms with Crippen LogP contribution in [-0.2, 0) is 6.54 Å². The molecule has 40 heavy (non-hydrogen) atoms. The smallest absolute Gasteiger partial charge is 0.255 e. The zero-order valence-corrected chi connectivity index (χ0v) is 22.1. The summed E-state index contributed by atoms with van der Waals surface area (Å²) in [6.45, 7) is 0.418. The highest BCUT2D eigenvalue weighted by atomic mass is 35.5. The summed E-state index contributed by atoms with van der Waals surface area (Å²) in [5, 5.41) is 12.4. The molecule has 1 amide bonds. The quantitative estimate of drug-likeness (QED) is 0.232. The van der Waals surface area contributed by atoms with Crippen molar-refractivity contribution in [2.45, 2.75) is 12.6 Å². The highest BCUT2D eigenvalue weighted by Crippen LogP contribution is 2.41. The number of halogens is 1. The number of fused-ring (bicyclic) bond motifs is 2. The first kappa shape index (κ1) is 24.2. The predicted octanol–water partition coefficient (Wildman–Crippen LogP) is 8.00. The zero-order chi connectivity index (χ0) is 27.2. The molecule has 0 aliphatic carbocycles. The van der Waals surface area contributed by atoms with Crippen LogP contribution >= 0.6 is 11.6 Å². The maximum absolute atomic E-state index is 14.0. The number of hydrogen-bond acceptors (Lipinski definition) is 3. The monoisotopic (exact) mass is 541 g/mol. The van der Waals surface area contributed by atoms with E-state index in [-0.39, 0.29) is 11.7 Å². The van der Waals surface area contributed by atoms with Gasteiger partial charge in [-0.25, -0.2) is 0 Å². The zero-order valence-electron chi connectivity index (χ0n) is 21.4. The van der Waals surface area contributed by atoms with Gasteiger partial charge in [-0.3, -0.25) is 9.78 Å². The van der Waals surface area contributed by atoms with E-state index in [1.54, 1.807) is 35.5 Å². The molecule has 194 valence electrons. The van der Waals surface area contributed by atoms with Crippen molar-refractivity contribution >= 4 is 28.4 Å². The van der Waals surface area contributed by atoms with Crippen molar-refractivity contribution in [3.63, 3.8) is 0 Å². The van der Waals surface area contributed by atoms with E-state index in [9.17, 15) is 9.90 Å². The number of benzene rings is 4. The number of para-hydroxylation sites is 1. The van der Waals surface area contributed by atoms with E-state index in [0.29, 0.717) is 22.7 Å². The maximum Gasteiger partial charge on any atom is 0.255 e. The van der Waals surface area contributed by atoms with Gasteiger partial charge in [0.1, 0.15) is 11.8 Å². The Labute approximate surface area is 236 Å². The fourth-order valence-corrected chi connectivity index (χ4v) is 5.78. The first-order valence-electron chi connectivity index (χ1n) is 13.1. The number of carbonyl (C=O) groups excluding carboxylic acids is 1. The van der Waals surface area contributed by atoms with Crippen LogP contribution in [0.1, 0.15) is 33.2 Å². The average Bonchev–Trinajstić information content (AvgIpc) is 3.56. The number of carbonyl (C=O) groups is 1. The van der Waals surface area contributed by atoms with Crippen LogP contribution in [-0.4, -0.2) is 25.9 Å². The molecule has 7 rings (SSSR count). The second-order valence-electron chi connectivity index (χ2n) is 10.0. The molecule has 2 N–H and O–H groups in total. The molecule has 0 saturated heterocycles. The van der Waals surface area contributed by atoms with Crippen molar-refractivity contribution in [2.75, 3.05) is 0 Å². The van der Waals surface area contributed by atoms with Gasteiger partial charge >= 0.3 is 0 Å². The van der Waals surface area contributed by atoms with Crippen LogP contribution in [0.5, 0.6) is 5.75 Å². The highest BCUT2D eigenvalue weighted by molar-refractivity contribution is 6.30. The Hall–Kier alpha value is -4.87. The summed E-state index contributed by atoms with van der Waals surface area (Å²) in [7, 11) is 0. The molecule has 1 aliphatic rings. The van der Waals surface area contributed by atoms with Crippen molar-refractivity contribution in [2.24, 2.45) is 0 Å². The van der Waals surface area contributed by atoms with E-state index < -0.39 is 6.04 Å². The molecule has 3 heterocycles. The van der Waals surface area contributed by atoms with Gasteiger partial charge in [0.2, 0.25) is 0 Å². The number of nitrogens with one attached hydrogen (secondary N) is 1. The lowest BCUT2D eigenvalue weighted by atomic mass is 9.98. The van der Waals surface area contributed by atoms with Gasteiger partial charge in [-0.1, -0.05) is 66.2 Å². The summed E-state index contributed by atoms with van der Waals surface area (Å²) in [6.07, 6.45) is 3.57. The maximum atomic E-state index is 14.0. The molecule has 5 nitrogen and oxygen atoms in total. The van der Waals surface area contributed by atoms with Gasteiger partial charge in [0.05, 0.1) is 0 Å². The first-order valence-corrected chi connectivity index (χ1v) is 13.4. The number of hydrogen-bond donors (Lipinski definition) is 2. The summed E-state index contributed by atoms with van der Waals surface area (Å²) in [4.78, 5) is 23.4. The lowest BCUT2D eigenvalue weighted by Crippen LogP contribution is -2.30. The third-order valence-corrected chi connectivity index (χ3v) is 7.85. The number of pyridine rings is 1. The van der Waals surface area contributed by atoms with Gasteiger partial charge in [-0.05, 0) is 81.7 Å². The molecule has 0 unspecified atom stereocenters. The van der Waals surface area contributed by atoms with Gasteiger partial charge in [0, 0.05) is 46.3 Å². The van der Waals surface area contributed by atoms with E-state index in [1.807, 2.05) is 54.6 Å². The van der Waals surface area contributed by atoms with Gasteiger partial charge in [-0.2, -0.15) is 0 Å². The van der Waals surface area contributed by atoms with Crippen LogP contribution in [0.4, 0.5) is 0 Å². The molecule has 6 aromatic rings. The summed E-state index contributed by atoms with van der Waals surface area (Å²) >= 11 is 6.37. The number of amides is 1. The van der Waals surface area contributed by atoms with Crippen LogP contribution in [0, 0.1) is 0 Å². The second-order valence-corrected chi connectivity index (χ2v) is 10.5. The summed E-state index contributed by atoms with van der Waals surface area (Å²) in [6, 6.07) is 32.8.